The summed E-state index contributed by atoms with van der Waals surface area (Å²) in [4.78, 5) is 52.7. The number of para-hydroxylation sites is 1. The minimum Gasteiger partial charge on any atom is -0.456 e. The van der Waals surface area contributed by atoms with E-state index in [4.69, 9.17) is 16.3 Å². The number of halogens is 1. The van der Waals surface area contributed by atoms with Crippen LogP contribution in [0.25, 0.3) is 0 Å². The third kappa shape index (κ3) is 7.09. The third-order valence-corrected chi connectivity index (χ3v) is 8.51. The predicted molar refractivity (Wildman–Crippen MR) is 164 cm³/mol. The number of ether oxygens (including phenoxy) is 1. The molecule has 42 heavy (non-hydrogen) atoms. The molecule has 3 aromatic rings. The number of anilines is 1. The average molecular weight is 608 g/mol. The van der Waals surface area contributed by atoms with Gasteiger partial charge in [-0.15, -0.1) is 11.3 Å². The van der Waals surface area contributed by atoms with Crippen molar-refractivity contribution in [2.45, 2.75) is 64.0 Å². The van der Waals surface area contributed by atoms with Crippen molar-refractivity contribution in [2.75, 3.05) is 18.4 Å². The molecule has 3 N–H and O–H groups in total. The molecule has 2 heterocycles. The van der Waals surface area contributed by atoms with Crippen LogP contribution in [0.4, 0.5) is 5.69 Å². The van der Waals surface area contributed by atoms with Crippen LogP contribution in [0.15, 0.2) is 48.5 Å². The lowest BCUT2D eigenvalue weighted by Gasteiger charge is -2.24. The van der Waals surface area contributed by atoms with Crippen molar-refractivity contribution >= 4 is 52.2 Å². The number of carbonyl (C=O) groups excluding carboxylic acids is 4. The summed E-state index contributed by atoms with van der Waals surface area (Å²) in [7, 11) is 0. The van der Waals surface area contributed by atoms with Crippen LogP contribution < -0.4 is 16.0 Å². The van der Waals surface area contributed by atoms with Crippen molar-refractivity contribution in [3.63, 3.8) is 0 Å². The largest absolute Gasteiger partial charge is 0.456 e. The number of benzene rings is 2. The normalized spacial score (nSPS) is 17.0. The Morgan fingerprint density at radius 2 is 1.81 bits per heavy atom. The van der Waals surface area contributed by atoms with E-state index < -0.39 is 17.5 Å². The van der Waals surface area contributed by atoms with E-state index in [1.807, 2.05) is 12.1 Å². The molecule has 2 fully saturated rings. The fourth-order valence-corrected chi connectivity index (χ4v) is 6.09. The van der Waals surface area contributed by atoms with Gasteiger partial charge in [0.2, 0.25) is 0 Å². The van der Waals surface area contributed by atoms with E-state index in [1.54, 1.807) is 57.2 Å². The van der Waals surface area contributed by atoms with E-state index in [1.165, 1.54) is 0 Å². The summed E-state index contributed by atoms with van der Waals surface area (Å²) in [5, 5.41) is 8.92. The second kappa shape index (κ2) is 12.4. The summed E-state index contributed by atoms with van der Waals surface area (Å²) in [5.41, 5.74) is 2.74. The van der Waals surface area contributed by atoms with Crippen LogP contribution in [0.2, 0.25) is 4.34 Å². The highest BCUT2D eigenvalue weighted by Crippen LogP contribution is 2.44. The lowest BCUT2D eigenvalue weighted by molar-refractivity contribution is -0.120. The van der Waals surface area contributed by atoms with Crippen LogP contribution in [0.1, 0.15) is 98.9 Å². The Morgan fingerprint density at radius 3 is 2.48 bits per heavy atom. The molecule has 1 saturated heterocycles. The van der Waals surface area contributed by atoms with Gasteiger partial charge in [0.05, 0.1) is 27.0 Å². The fraction of sp³-hybridized carbons (Fsp3) is 0.375. The number of Topliss-reactive ketones (excluding diaryl/α,β-unsaturated/α-hetero) is 1. The summed E-state index contributed by atoms with van der Waals surface area (Å²) in [6.07, 6.45) is 2.79. The third-order valence-electron chi connectivity index (χ3n) is 7.28. The molecule has 1 saturated carbocycles. The average Bonchev–Trinajstić information content (AvgIpc) is 3.70. The van der Waals surface area contributed by atoms with Gasteiger partial charge in [-0.05, 0) is 99.5 Å². The first kappa shape index (κ1) is 29.9. The lowest BCUT2D eigenvalue weighted by Crippen LogP contribution is -2.36. The molecule has 1 aliphatic carbocycles. The summed E-state index contributed by atoms with van der Waals surface area (Å²) < 4.78 is 6.13. The van der Waals surface area contributed by atoms with Crippen LogP contribution in [0.3, 0.4) is 0 Å². The van der Waals surface area contributed by atoms with Gasteiger partial charge >= 0.3 is 5.97 Å². The predicted octanol–water partition coefficient (Wildman–Crippen LogP) is 6.06. The minimum absolute atomic E-state index is 0.0602. The summed E-state index contributed by atoms with van der Waals surface area (Å²) in [6, 6.07) is 13.8. The zero-order valence-electron chi connectivity index (χ0n) is 23.8. The first-order valence-electron chi connectivity index (χ1n) is 14.1. The van der Waals surface area contributed by atoms with E-state index in [-0.39, 0.29) is 35.4 Å². The SMILES string of the molecule is CC(C)(C)OC(=O)c1cccc(CNC(=O)c2ccc(Cl)s2)c1NC(=O)c1ccc(C2CCNCC2=O)c(C2CC2)c1. The van der Waals surface area contributed by atoms with E-state index in [2.05, 4.69) is 16.0 Å². The number of hydrogen-bond acceptors (Lipinski definition) is 7. The zero-order valence-corrected chi connectivity index (χ0v) is 25.4. The van der Waals surface area contributed by atoms with Crippen molar-refractivity contribution in [3.8, 4) is 0 Å². The van der Waals surface area contributed by atoms with Crippen LogP contribution in [0.5, 0.6) is 0 Å². The van der Waals surface area contributed by atoms with Gasteiger partial charge in [0.25, 0.3) is 11.8 Å². The highest BCUT2D eigenvalue weighted by Gasteiger charge is 2.33. The Kier molecular flexibility index (Phi) is 8.82. The van der Waals surface area contributed by atoms with E-state index >= 15 is 0 Å². The topological polar surface area (TPSA) is 114 Å². The number of rotatable bonds is 8. The molecule has 1 atom stereocenters. The second-order valence-electron chi connectivity index (χ2n) is 11.7. The molecule has 220 valence electrons. The van der Waals surface area contributed by atoms with E-state index in [0.29, 0.717) is 32.8 Å². The Labute approximate surface area is 254 Å². The molecule has 0 spiro atoms. The molecule has 1 unspecified atom stereocenters. The molecule has 5 rings (SSSR count). The minimum atomic E-state index is -0.748. The summed E-state index contributed by atoms with van der Waals surface area (Å²) in [6.45, 7) is 6.51. The Balaban J connectivity index is 1.44. The van der Waals surface area contributed by atoms with Crippen molar-refractivity contribution in [2.24, 2.45) is 0 Å². The molecule has 2 aromatic carbocycles. The molecule has 0 bridgehead atoms. The van der Waals surface area contributed by atoms with Crippen LogP contribution >= 0.6 is 22.9 Å². The van der Waals surface area contributed by atoms with Crippen LogP contribution in [-0.4, -0.2) is 42.3 Å². The van der Waals surface area contributed by atoms with Gasteiger partial charge < -0.3 is 20.7 Å². The maximum atomic E-state index is 13.7. The summed E-state index contributed by atoms with van der Waals surface area (Å²) in [5.74, 6) is -0.961. The molecule has 0 radical (unpaired) electrons. The van der Waals surface area contributed by atoms with Gasteiger partial charge in [-0.2, -0.15) is 0 Å². The first-order valence-corrected chi connectivity index (χ1v) is 15.3. The number of carbonyl (C=O) groups is 4. The second-order valence-corrected chi connectivity index (χ2v) is 13.4. The zero-order chi connectivity index (χ0) is 30.0. The maximum absolute atomic E-state index is 13.7. The van der Waals surface area contributed by atoms with Gasteiger partial charge in [0.1, 0.15) is 5.60 Å². The molecule has 1 aliphatic heterocycles. The van der Waals surface area contributed by atoms with Crippen molar-refractivity contribution < 1.29 is 23.9 Å². The first-order chi connectivity index (χ1) is 20.0. The Hall–Kier alpha value is -3.53. The van der Waals surface area contributed by atoms with Crippen molar-refractivity contribution in [3.05, 3.63) is 85.6 Å². The van der Waals surface area contributed by atoms with Crippen LogP contribution in [0, 0.1) is 0 Å². The van der Waals surface area contributed by atoms with Gasteiger partial charge in [-0.3, -0.25) is 14.4 Å². The van der Waals surface area contributed by atoms with Gasteiger partial charge in [-0.1, -0.05) is 29.8 Å². The number of nitrogens with one attached hydrogen (secondary N) is 3. The van der Waals surface area contributed by atoms with Crippen molar-refractivity contribution in [1.29, 1.82) is 0 Å². The highest BCUT2D eigenvalue weighted by molar-refractivity contribution is 7.18. The molecule has 2 aliphatic rings. The number of piperidine rings is 1. The van der Waals surface area contributed by atoms with E-state index in [0.717, 1.165) is 48.3 Å². The highest BCUT2D eigenvalue weighted by atomic mass is 35.5. The molecule has 2 amide bonds. The maximum Gasteiger partial charge on any atom is 0.340 e. The molecule has 8 nitrogen and oxygen atoms in total. The number of ketones is 1. The molecule has 1 aromatic heterocycles. The van der Waals surface area contributed by atoms with E-state index in [9.17, 15) is 19.2 Å². The smallest absolute Gasteiger partial charge is 0.340 e. The molecular formula is C32H34ClN3O5S. The standard InChI is InChI=1S/C32H34ClN3O5S/c1-32(2,3)41-31(40)23-6-4-5-20(16-35-30(39)26-11-12-27(33)42-26)28(23)36-29(38)19-9-10-21(24(15-19)18-7-8-18)22-13-14-34-17-25(22)37/h4-6,9-12,15,18,22,34H,7-8,13-14,16-17H2,1-3H3,(H,35,39)(H,36,38). The van der Waals surface area contributed by atoms with Crippen LogP contribution in [-0.2, 0) is 16.1 Å². The molecular weight excluding hydrogens is 574 g/mol. The number of hydrogen-bond donors (Lipinski definition) is 3. The fourth-order valence-electron chi connectivity index (χ4n) is 5.14. The van der Waals surface area contributed by atoms with Crippen molar-refractivity contribution in [1.82, 2.24) is 10.6 Å². The Morgan fingerprint density at radius 1 is 1.02 bits per heavy atom. The van der Waals surface area contributed by atoms with Gasteiger partial charge in [0.15, 0.2) is 5.78 Å². The quantitative estimate of drug-likeness (QED) is 0.268. The lowest BCUT2D eigenvalue weighted by atomic mass is 9.84. The van der Waals surface area contributed by atoms with Gasteiger partial charge in [-0.25, -0.2) is 4.79 Å². The Bertz CT molecular complexity index is 1540. The number of thiophene rings is 1. The monoisotopic (exact) mass is 607 g/mol. The van der Waals surface area contributed by atoms with Gasteiger partial charge in [0, 0.05) is 18.0 Å². The number of esters is 1. The number of amides is 2. The summed E-state index contributed by atoms with van der Waals surface area (Å²) >= 11 is 7.15. The molecule has 10 heteroatoms.